The van der Waals surface area contributed by atoms with Gasteiger partial charge in [-0.3, -0.25) is 14.4 Å². The molecule has 2 rings (SSSR count). The Morgan fingerprint density at radius 2 is 1.60 bits per heavy atom. The molecule has 0 radical (unpaired) electrons. The van der Waals surface area contributed by atoms with Gasteiger partial charge in [-0.15, -0.1) is 0 Å². The fraction of sp³-hybridized carbons (Fsp3) is 0.786. The highest BCUT2D eigenvalue weighted by Gasteiger charge is 2.61. The fourth-order valence-corrected chi connectivity index (χ4v) is 3.57. The van der Waals surface area contributed by atoms with Gasteiger partial charge in [0.2, 0.25) is 5.78 Å². The molecule has 0 heterocycles. The zero-order valence-corrected chi connectivity index (χ0v) is 11.6. The predicted octanol–water partition coefficient (Wildman–Crippen LogP) is 2.29. The zero-order valence-electron chi connectivity index (χ0n) is 11.6. The number of halogens is 2. The summed E-state index contributed by atoms with van der Waals surface area (Å²) in [7, 11) is 1.30. The Balaban J connectivity index is 2.10. The van der Waals surface area contributed by atoms with Crippen LogP contribution in [0.2, 0.25) is 0 Å². The number of ether oxygens (including phenoxy) is 1. The maximum atomic E-state index is 12.9. The number of ketones is 2. The van der Waals surface area contributed by atoms with Gasteiger partial charge in [0.25, 0.3) is 0 Å². The Labute approximate surface area is 115 Å². The minimum absolute atomic E-state index is 0.327. The molecule has 0 N–H and O–H groups in total. The molecule has 0 aromatic rings. The molecule has 0 spiro atoms. The second kappa shape index (κ2) is 4.60. The highest BCUT2D eigenvalue weighted by Crippen LogP contribution is 2.62. The minimum Gasteiger partial charge on any atom is -0.469 e. The van der Waals surface area contributed by atoms with E-state index in [9.17, 15) is 23.2 Å². The molecule has 2 aliphatic rings. The maximum absolute atomic E-state index is 12.9. The van der Waals surface area contributed by atoms with Gasteiger partial charge in [-0.05, 0) is 32.1 Å². The van der Waals surface area contributed by atoms with E-state index >= 15 is 0 Å². The Hall–Kier alpha value is -1.33. The van der Waals surface area contributed by atoms with Crippen LogP contribution in [0.15, 0.2) is 0 Å². The number of fused-ring (bicyclic) bond motifs is 2. The molecule has 0 atom stereocenters. The number of hydrogen-bond donors (Lipinski definition) is 0. The van der Waals surface area contributed by atoms with E-state index in [-0.39, 0.29) is 5.97 Å². The second-order valence-electron chi connectivity index (χ2n) is 6.14. The van der Waals surface area contributed by atoms with Crippen LogP contribution in [0, 0.1) is 10.8 Å². The van der Waals surface area contributed by atoms with E-state index in [1.54, 1.807) is 0 Å². The predicted molar refractivity (Wildman–Crippen MR) is 65.2 cm³/mol. The summed E-state index contributed by atoms with van der Waals surface area (Å²) in [6.07, 6.45) is 1.59. The van der Waals surface area contributed by atoms with Gasteiger partial charge in [-0.1, -0.05) is 0 Å². The molecule has 112 valence electrons. The quantitative estimate of drug-likeness (QED) is 0.575. The van der Waals surface area contributed by atoms with Crippen LogP contribution >= 0.6 is 0 Å². The summed E-state index contributed by atoms with van der Waals surface area (Å²) in [5.41, 5.74) is -1.43. The van der Waals surface area contributed by atoms with E-state index in [1.807, 2.05) is 0 Å². The zero-order chi connectivity index (χ0) is 15.2. The third-order valence-corrected chi connectivity index (χ3v) is 4.86. The van der Waals surface area contributed by atoms with Crippen LogP contribution in [0.1, 0.15) is 45.4 Å². The Morgan fingerprint density at radius 1 is 1.10 bits per heavy atom. The van der Waals surface area contributed by atoms with Crippen LogP contribution in [0.25, 0.3) is 0 Å². The molecular weight excluding hydrogens is 270 g/mol. The normalized spacial score (nSPS) is 32.2. The van der Waals surface area contributed by atoms with Gasteiger partial charge >= 0.3 is 11.9 Å². The molecule has 2 saturated carbocycles. The summed E-state index contributed by atoms with van der Waals surface area (Å²) in [6, 6.07) is 0. The highest BCUT2D eigenvalue weighted by molar-refractivity contribution is 6.05. The number of methoxy groups -OCH3 is 1. The van der Waals surface area contributed by atoms with E-state index in [2.05, 4.69) is 0 Å². The molecule has 0 aromatic carbocycles. The molecular formula is C14H18F2O4. The summed E-state index contributed by atoms with van der Waals surface area (Å²) in [6.45, 7) is 0.502. The number of carbonyl (C=O) groups is 3. The minimum atomic E-state index is -3.48. The molecule has 20 heavy (non-hydrogen) atoms. The first-order valence-corrected chi connectivity index (χ1v) is 6.68. The van der Waals surface area contributed by atoms with Gasteiger partial charge in [0, 0.05) is 12.3 Å². The van der Waals surface area contributed by atoms with E-state index in [0.29, 0.717) is 39.0 Å². The standard InChI is InChI=1S/C14H18F2O4/c1-12(15,16)9(17)7-10(18)13-3-5-14(8-13,6-4-13)11(19)20-2/h3-8H2,1-2H3. The molecule has 0 amide bonds. The van der Waals surface area contributed by atoms with Gasteiger partial charge in [0.15, 0.2) is 0 Å². The van der Waals surface area contributed by atoms with Crippen LogP contribution in [0.4, 0.5) is 8.78 Å². The smallest absolute Gasteiger partial charge is 0.311 e. The number of hydrogen-bond acceptors (Lipinski definition) is 4. The molecule has 0 aromatic heterocycles. The first-order chi connectivity index (χ1) is 9.15. The molecule has 0 unspecified atom stereocenters. The number of rotatable bonds is 5. The molecule has 0 saturated heterocycles. The average molecular weight is 288 g/mol. The topological polar surface area (TPSA) is 60.4 Å². The lowest BCUT2D eigenvalue weighted by Gasteiger charge is -2.25. The van der Waals surface area contributed by atoms with Crippen molar-refractivity contribution in [2.24, 2.45) is 10.8 Å². The van der Waals surface area contributed by atoms with Gasteiger partial charge in [0.05, 0.1) is 18.9 Å². The van der Waals surface area contributed by atoms with E-state index in [4.69, 9.17) is 4.74 Å². The lowest BCUT2D eigenvalue weighted by atomic mass is 9.78. The number of esters is 1. The van der Waals surface area contributed by atoms with Crippen LogP contribution in [-0.2, 0) is 19.1 Å². The van der Waals surface area contributed by atoms with Gasteiger partial charge in [-0.25, -0.2) is 0 Å². The maximum Gasteiger partial charge on any atom is 0.311 e. The third kappa shape index (κ3) is 2.25. The molecule has 2 bridgehead atoms. The van der Waals surface area contributed by atoms with Crippen molar-refractivity contribution in [2.75, 3.05) is 7.11 Å². The van der Waals surface area contributed by atoms with Gasteiger partial charge in [0.1, 0.15) is 5.78 Å². The molecule has 2 aliphatic carbocycles. The Morgan fingerprint density at radius 3 is 2.05 bits per heavy atom. The van der Waals surface area contributed by atoms with Crippen LogP contribution in [0.5, 0.6) is 0 Å². The molecule has 4 nitrogen and oxygen atoms in total. The van der Waals surface area contributed by atoms with Crippen molar-refractivity contribution in [1.82, 2.24) is 0 Å². The lowest BCUT2D eigenvalue weighted by molar-refractivity contribution is -0.152. The third-order valence-electron chi connectivity index (χ3n) is 4.86. The summed E-state index contributed by atoms with van der Waals surface area (Å²) in [4.78, 5) is 35.4. The number of Topliss-reactive ketones (excluding diaryl/α,β-unsaturated/α-hetero) is 2. The lowest BCUT2D eigenvalue weighted by Crippen LogP contribution is -2.33. The summed E-state index contributed by atoms with van der Waals surface area (Å²) in [5, 5.41) is 0. The Kier molecular flexibility index (Phi) is 3.47. The fourth-order valence-electron chi connectivity index (χ4n) is 3.57. The summed E-state index contributed by atoms with van der Waals surface area (Å²) < 4.78 is 30.5. The van der Waals surface area contributed by atoms with Crippen molar-refractivity contribution in [3.05, 3.63) is 0 Å². The van der Waals surface area contributed by atoms with Crippen LogP contribution < -0.4 is 0 Å². The van der Waals surface area contributed by atoms with Crippen molar-refractivity contribution >= 4 is 17.5 Å². The second-order valence-corrected chi connectivity index (χ2v) is 6.14. The van der Waals surface area contributed by atoms with Crippen LogP contribution in [0.3, 0.4) is 0 Å². The Bertz CT molecular complexity index is 456. The van der Waals surface area contributed by atoms with Crippen molar-refractivity contribution in [1.29, 1.82) is 0 Å². The number of alkyl halides is 2. The van der Waals surface area contributed by atoms with Crippen molar-refractivity contribution < 1.29 is 27.9 Å². The van der Waals surface area contributed by atoms with Crippen LogP contribution in [-0.4, -0.2) is 30.6 Å². The van der Waals surface area contributed by atoms with E-state index in [0.717, 1.165) is 0 Å². The van der Waals surface area contributed by atoms with Gasteiger partial charge < -0.3 is 4.74 Å². The largest absolute Gasteiger partial charge is 0.469 e. The van der Waals surface area contributed by atoms with E-state index < -0.39 is 34.7 Å². The number of carbonyl (C=O) groups excluding carboxylic acids is 3. The molecule has 6 heteroatoms. The van der Waals surface area contributed by atoms with Gasteiger partial charge in [-0.2, -0.15) is 8.78 Å². The SMILES string of the molecule is COC(=O)C12CCC(C(=O)CC(=O)C(C)(F)F)(CC1)C2. The van der Waals surface area contributed by atoms with Crippen molar-refractivity contribution in [3.8, 4) is 0 Å². The molecule has 0 aliphatic heterocycles. The summed E-state index contributed by atoms with van der Waals surface area (Å²) >= 11 is 0. The summed E-state index contributed by atoms with van der Waals surface area (Å²) in [5.74, 6) is -5.62. The molecule has 2 fully saturated rings. The average Bonchev–Trinajstić information content (AvgIpc) is 2.95. The highest BCUT2D eigenvalue weighted by atomic mass is 19.3. The van der Waals surface area contributed by atoms with Crippen molar-refractivity contribution in [2.45, 2.75) is 51.4 Å². The monoisotopic (exact) mass is 288 g/mol. The van der Waals surface area contributed by atoms with E-state index in [1.165, 1.54) is 7.11 Å². The first-order valence-electron chi connectivity index (χ1n) is 6.68. The van der Waals surface area contributed by atoms with Crippen molar-refractivity contribution in [3.63, 3.8) is 0 Å². The first kappa shape index (κ1) is 15.1.